The van der Waals surface area contributed by atoms with Crippen LogP contribution in [0.5, 0.6) is 5.75 Å². The summed E-state index contributed by atoms with van der Waals surface area (Å²) in [5.41, 5.74) is 3.62. The second kappa shape index (κ2) is 17.3. The molecule has 0 aromatic heterocycles. The third-order valence-electron chi connectivity index (χ3n) is 8.92. The Bertz CT molecular complexity index is 2020. The summed E-state index contributed by atoms with van der Waals surface area (Å²) in [6.45, 7) is 1.92. The monoisotopic (exact) mass is 712 g/mol. The molecule has 5 aromatic carbocycles. The molecule has 0 spiro atoms. The second-order valence-electron chi connectivity index (χ2n) is 12.4. The SMILES string of the molecule is CCOC(=O)C[C@H]1[C@H](OC(=O)c2ccc(-c3ccccc3)cc2)[C@@H](NC(=O)c2ccccc2)c2cc(OCCCO)ccc2N1C(=O)c1ccccc1. The van der Waals surface area contributed by atoms with Gasteiger partial charge >= 0.3 is 11.9 Å². The molecular weight excluding hydrogens is 672 g/mol. The molecule has 0 aliphatic carbocycles. The average molecular weight is 713 g/mol. The molecule has 3 atom stereocenters. The molecule has 2 amide bonds. The Morgan fingerprint density at radius 1 is 0.736 bits per heavy atom. The molecule has 0 radical (unpaired) electrons. The minimum Gasteiger partial charge on any atom is -0.493 e. The van der Waals surface area contributed by atoms with E-state index < -0.39 is 41.9 Å². The van der Waals surface area contributed by atoms with Gasteiger partial charge in [0.1, 0.15) is 11.9 Å². The topological polar surface area (TPSA) is 131 Å². The van der Waals surface area contributed by atoms with Crippen LogP contribution in [0.3, 0.4) is 0 Å². The summed E-state index contributed by atoms with van der Waals surface area (Å²) in [5, 5.41) is 12.4. The van der Waals surface area contributed by atoms with Crippen molar-refractivity contribution in [2.24, 2.45) is 0 Å². The average Bonchev–Trinajstić information content (AvgIpc) is 3.20. The zero-order chi connectivity index (χ0) is 37.2. The van der Waals surface area contributed by atoms with Crippen molar-refractivity contribution < 1.29 is 38.5 Å². The number of rotatable bonds is 13. The van der Waals surface area contributed by atoms with Crippen LogP contribution in [0, 0.1) is 0 Å². The van der Waals surface area contributed by atoms with Crippen molar-refractivity contribution in [1.29, 1.82) is 0 Å². The van der Waals surface area contributed by atoms with Gasteiger partial charge in [-0.25, -0.2) is 4.79 Å². The molecule has 0 saturated carbocycles. The van der Waals surface area contributed by atoms with Crippen molar-refractivity contribution in [3.8, 4) is 16.9 Å². The highest BCUT2D eigenvalue weighted by Crippen LogP contribution is 2.43. The van der Waals surface area contributed by atoms with E-state index in [2.05, 4.69) is 5.32 Å². The Hall–Kier alpha value is -6.26. The Morgan fingerprint density at radius 3 is 2.00 bits per heavy atom. The zero-order valence-electron chi connectivity index (χ0n) is 29.2. The molecule has 0 bridgehead atoms. The predicted molar refractivity (Wildman–Crippen MR) is 200 cm³/mol. The lowest BCUT2D eigenvalue weighted by molar-refractivity contribution is -0.144. The number of carbonyl (C=O) groups is 4. The highest BCUT2D eigenvalue weighted by Gasteiger charge is 2.48. The highest BCUT2D eigenvalue weighted by molar-refractivity contribution is 6.08. The van der Waals surface area contributed by atoms with E-state index in [9.17, 15) is 24.3 Å². The maximum atomic E-state index is 14.5. The lowest BCUT2D eigenvalue weighted by Gasteiger charge is -2.45. The Morgan fingerprint density at radius 2 is 1.36 bits per heavy atom. The van der Waals surface area contributed by atoms with Crippen LogP contribution >= 0.6 is 0 Å². The van der Waals surface area contributed by atoms with Gasteiger partial charge in [-0.2, -0.15) is 0 Å². The van der Waals surface area contributed by atoms with Crippen molar-refractivity contribution in [2.75, 3.05) is 24.7 Å². The summed E-state index contributed by atoms with van der Waals surface area (Å²) in [4.78, 5) is 57.3. The van der Waals surface area contributed by atoms with Crippen molar-refractivity contribution in [3.63, 3.8) is 0 Å². The van der Waals surface area contributed by atoms with Crippen LogP contribution in [-0.4, -0.2) is 60.8 Å². The fourth-order valence-electron chi connectivity index (χ4n) is 6.39. The van der Waals surface area contributed by atoms with Gasteiger partial charge in [-0.15, -0.1) is 0 Å². The van der Waals surface area contributed by atoms with Crippen LogP contribution in [-0.2, 0) is 14.3 Å². The highest BCUT2D eigenvalue weighted by atomic mass is 16.5. The molecule has 6 rings (SSSR count). The lowest BCUT2D eigenvalue weighted by Crippen LogP contribution is -2.58. The smallest absolute Gasteiger partial charge is 0.338 e. The fraction of sp³-hybridized carbons (Fsp3) is 0.209. The number of carbonyl (C=O) groups excluding carboxylic acids is 4. The van der Waals surface area contributed by atoms with Gasteiger partial charge in [0.15, 0.2) is 0 Å². The van der Waals surface area contributed by atoms with Gasteiger partial charge < -0.3 is 29.5 Å². The molecule has 0 fully saturated rings. The molecule has 2 N–H and O–H groups in total. The van der Waals surface area contributed by atoms with E-state index in [1.54, 1.807) is 97.9 Å². The molecule has 5 aromatic rings. The quantitative estimate of drug-likeness (QED) is 0.101. The first-order valence-electron chi connectivity index (χ1n) is 17.5. The summed E-state index contributed by atoms with van der Waals surface area (Å²) in [6, 6.07) is 36.7. The van der Waals surface area contributed by atoms with E-state index in [0.29, 0.717) is 34.5 Å². The number of anilines is 1. The Balaban J connectivity index is 1.48. The number of esters is 2. The zero-order valence-corrected chi connectivity index (χ0v) is 29.2. The molecule has 0 unspecified atom stereocenters. The number of aliphatic hydroxyl groups excluding tert-OH is 1. The molecule has 53 heavy (non-hydrogen) atoms. The van der Waals surface area contributed by atoms with E-state index in [1.807, 2.05) is 42.5 Å². The van der Waals surface area contributed by atoms with Crippen molar-refractivity contribution in [1.82, 2.24) is 5.32 Å². The Kier molecular flexibility index (Phi) is 11.9. The van der Waals surface area contributed by atoms with Gasteiger partial charge in [0.05, 0.1) is 43.0 Å². The van der Waals surface area contributed by atoms with Gasteiger partial charge in [0, 0.05) is 29.7 Å². The van der Waals surface area contributed by atoms with E-state index in [0.717, 1.165) is 11.1 Å². The van der Waals surface area contributed by atoms with E-state index in [1.165, 1.54) is 4.90 Å². The number of nitrogens with zero attached hydrogens (tertiary/aromatic N) is 1. The first kappa shape index (κ1) is 36.5. The van der Waals surface area contributed by atoms with Gasteiger partial charge in [-0.1, -0.05) is 78.9 Å². The van der Waals surface area contributed by atoms with Crippen LogP contribution in [0.1, 0.15) is 62.4 Å². The number of hydrogen-bond acceptors (Lipinski definition) is 8. The van der Waals surface area contributed by atoms with Gasteiger partial charge in [-0.05, 0) is 72.6 Å². The molecule has 1 aliphatic rings. The maximum Gasteiger partial charge on any atom is 0.338 e. The summed E-state index contributed by atoms with van der Waals surface area (Å²) >= 11 is 0. The number of nitrogens with one attached hydrogen (secondary N) is 1. The first-order valence-corrected chi connectivity index (χ1v) is 17.5. The molecule has 10 heteroatoms. The fourth-order valence-corrected chi connectivity index (χ4v) is 6.39. The molecule has 1 heterocycles. The Labute approximate surface area is 307 Å². The normalized spacial score (nSPS) is 16.2. The van der Waals surface area contributed by atoms with Crippen molar-refractivity contribution >= 4 is 29.4 Å². The molecular formula is C43H40N2O8. The van der Waals surface area contributed by atoms with Crippen LogP contribution in [0.15, 0.2) is 133 Å². The number of aliphatic hydroxyl groups is 1. The third kappa shape index (κ3) is 8.62. The third-order valence-corrected chi connectivity index (χ3v) is 8.92. The largest absolute Gasteiger partial charge is 0.493 e. The molecule has 1 aliphatic heterocycles. The van der Waals surface area contributed by atoms with Crippen LogP contribution < -0.4 is 15.0 Å². The number of benzene rings is 5. The van der Waals surface area contributed by atoms with E-state index >= 15 is 0 Å². The van der Waals surface area contributed by atoms with E-state index in [-0.39, 0.29) is 31.8 Å². The summed E-state index contributed by atoms with van der Waals surface area (Å²) in [6.07, 6.45) is -1.24. The standard InChI is InChI=1S/C43H40N2O8/c1-2-51-38(47)28-37-40(53-43(50)33-21-19-30(20-22-33)29-13-6-3-7-14-29)39(44-41(48)31-15-8-4-9-16-31)35-27-34(52-26-12-25-46)23-24-36(35)45(37)42(49)32-17-10-5-11-18-32/h3-11,13-24,27,37,39-40,46H,2,12,25-26,28H2,1H3,(H,44,48)/t37-,39-,40-/m0/s1. The maximum absolute atomic E-state index is 14.5. The number of fused-ring (bicyclic) bond motifs is 1. The minimum atomic E-state index is -1.28. The van der Waals surface area contributed by atoms with Crippen LogP contribution in [0.2, 0.25) is 0 Å². The van der Waals surface area contributed by atoms with Crippen molar-refractivity contribution in [2.45, 2.75) is 38.0 Å². The van der Waals surface area contributed by atoms with Gasteiger partial charge in [0.2, 0.25) is 0 Å². The summed E-state index contributed by atoms with van der Waals surface area (Å²) < 4.78 is 17.6. The molecule has 270 valence electrons. The van der Waals surface area contributed by atoms with Crippen LogP contribution in [0.4, 0.5) is 5.69 Å². The first-order chi connectivity index (χ1) is 25.9. The van der Waals surface area contributed by atoms with Crippen LogP contribution in [0.25, 0.3) is 11.1 Å². The number of ether oxygens (including phenoxy) is 3. The molecule has 10 nitrogen and oxygen atoms in total. The minimum absolute atomic E-state index is 0.0695. The van der Waals surface area contributed by atoms with Gasteiger partial charge in [0.25, 0.3) is 11.8 Å². The lowest BCUT2D eigenvalue weighted by atomic mass is 9.85. The molecule has 0 saturated heterocycles. The number of hydrogen-bond donors (Lipinski definition) is 2. The van der Waals surface area contributed by atoms with Crippen molar-refractivity contribution in [3.05, 3.63) is 156 Å². The van der Waals surface area contributed by atoms with Gasteiger partial charge in [-0.3, -0.25) is 14.4 Å². The second-order valence-corrected chi connectivity index (χ2v) is 12.4. The number of amides is 2. The predicted octanol–water partition coefficient (Wildman–Crippen LogP) is 6.79. The van der Waals surface area contributed by atoms with E-state index in [4.69, 9.17) is 14.2 Å². The summed E-state index contributed by atoms with van der Waals surface area (Å²) in [5.74, 6) is -1.82. The summed E-state index contributed by atoms with van der Waals surface area (Å²) in [7, 11) is 0.